The lowest BCUT2D eigenvalue weighted by molar-refractivity contribution is 0.401. The molecule has 1 aromatic heterocycles. The van der Waals surface area contributed by atoms with Crippen molar-refractivity contribution < 1.29 is 0 Å². The lowest BCUT2D eigenvalue weighted by atomic mass is 9.85. The first-order valence-electron chi connectivity index (χ1n) is 5.32. The van der Waals surface area contributed by atoms with Gasteiger partial charge >= 0.3 is 0 Å². The molecule has 4 heteroatoms. The number of rotatable bonds is 2. The molecular weight excluding hydrogens is 231 g/mol. The Balaban J connectivity index is 2.37. The molecule has 0 aliphatic heterocycles. The van der Waals surface area contributed by atoms with Gasteiger partial charge in [-0.25, -0.2) is 9.97 Å². The summed E-state index contributed by atoms with van der Waals surface area (Å²) >= 11 is 12.2. The van der Waals surface area contributed by atoms with Crippen LogP contribution in [0, 0.1) is 0 Å². The van der Waals surface area contributed by atoms with Crippen LogP contribution in [0.1, 0.15) is 56.3 Å². The highest BCUT2D eigenvalue weighted by Gasteiger charge is 2.24. The molecule has 0 bridgehead atoms. The fourth-order valence-corrected chi connectivity index (χ4v) is 2.59. The van der Waals surface area contributed by atoms with E-state index in [1.165, 1.54) is 6.42 Å². The van der Waals surface area contributed by atoms with Crippen molar-refractivity contribution in [3.05, 3.63) is 21.7 Å². The zero-order valence-corrected chi connectivity index (χ0v) is 10.4. The number of halogens is 2. The van der Waals surface area contributed by atoms with Crippen LogP contribution < -0.4 is 0 Å². The SMILES string of the molecule is CC(C)c1c(Cl)nc(C2CCC2)nc1Cl. The molecular formula is C11H14Cl2N2. The lowest BCUT2D eigenvalue weighted by Gasteiger charge is -2.24. The quantitative estimate of drug-likeness (QED) is 0.730. The van der Waals surface area contributed by atoms with Crippen LogP contribution in [0.5, 0.6) is 0 Å². The predicted octanol–water partition coefficient (Wildman–Crippen LogP) is 4.17. The molecule has 0 N–H and O–H groups in total. The van der Waals surface area contributed by atoms with Gasteiger partial charge in [0.15, 0.2) is 0 Å². The van der Waals surface area contributed by atoms with Crippen LogP contribution in [-0.4, -0.2) is 9.97 Å². The zero-order chi connectivity index (χ0) is 11.0. The van der Waals surface area contributed by atoms with Gasteiger partial charge in [0.25, 0.3) is 0 Å². The fourth-order valence-electron chi connectivity index (χ4n) is 1.76. The van der Waals surface area contributed by atoms with Crippen LogP contribution in [0.25, 0.3) is 0 Å². The first-order valence-corrected chi connectivity index (χ1v) is 6.08. The number of hydrogen-bond acceptors (Lipinski definition) is 2. The molecule has 0 atom stereocenters. The van der Waals surface area contributed by atoms with Crippen molar-refractivity contribution in [3.63, 3.8) is 0 Å². The summed E-state index contributed by atoms with van der Waals surface area (Å²) < 4.78 is 0. The third-order valence-electron chi connectivity index (χ3n) is 2.92. The number of aromatic nitrogens is 2. The van der Waals surface area contributed by atoms with Crippen LogP contribution in [0.3, 0.4) is 0 Å². The number of hydrogen-bond donors (Lipinski definition) is 0. The Hall–Kier alpha value is -0.340. The third-order valence-corrected chi connectivity index (χ3v) is 3.49. The summed E-state index contributed by atoms with van der Waals surface area (Å²) in [5, 5.41) is 1.04. The Morgan fingerprint density at radius 3 is 2.00 bits per heavy atom. The van der Waals surface area contributed by atoms with E-state index in [0.29, 0.717) is 16.2 Å². The summed E-state index contributed by atoms with van der Waals surface area (Å²) in [5.41, 5.74) is 0.862. The maximum atomic E-state index is 6.12. The van der Waals surface area contributed by atoms with E-state index in [9.17, 15) is 0 Å². The zero-order valence-electron chi connectivity index (χ0n) is 8.93. The maximum Gasteiger partial charge on any atom is 0.137 e. The molecule has 1 aromatic rings. The normalized spacial score (nSPS) is 16.9. The minimum atomic E-state index is 0.264. The summed E-state index contributed by atoms with van der Waals surface area (Å²) in [5.74, 6) is 1.56. The van der Waals surface area contributed by atoms with E-state index in [-0.39, 0.29) is 5.92 Å². The van der Waals surface area contributed by atoms with Crippen molar-refractivity contribution in [1.82, 2.24) is 9.97 Å². The van der Waals surface area contributed by atoms with Crippen molar-refractivity contribution in [1.29, 1.82) is 0 Å². The van der Waals surface area contributed by atoms with E-state index in [2.05, 4.69) is 9.97 Å². The van der Waals surface area contributed by atoms with Crippen molar-refractivity contribution in [2.75, 3.05) is 0 Å². The van der Waals surface area contributed by atoms with Crippen LogP contribution >= 0.6 is 23.2 Å². The van der Waals surface area contributed by atoms with E-state index < -0.39 is 0 Å². The Kier molecular flexibility index (Phi) is 3.17. The smallest absolute Gasteiger partial charge is 0.137 e. The van der Waals surface area contributed by atoms with E-state index in [0.717, 1.165) is 24.2 Å². The van der Waals surface area contributed by atoms with Crippen LogP contribution in [0.15, 0.2) is 0 Å². The van der Waals surface area contributed by atoms with E-state index in [1.54, 1.807) is 0 Å². The van der Waals surface area contributed by atoms with Crippen LogP contribution in [0.2, 0.25) is 10.3 Å². The number of nitrogens with zero attached hydrogens (tertiary/aromatic N) is 2. The van der Waals surface area contributed by atoms with Gasteiger partial charge in [-0.15, -0.1) is 0 Å². The molecule has 82 valence electrons. The Bertz CT molecular complexity index is 350. The maximum absolute atomic E-state index is 6.12. The Labute approximate surface area is 100 Å². The van der Waals surface area contributed by atoms with E-state index in [1.807, 2.05) is 13.8 Å². The third kappa shape index (κ3) is 2.11. The molecule has 1 fully saturated rings. The van der Waals surface area contributed by atoms with Crippen molar-refractivity contribution in [2.24, 2.45) is 0 Å². The van der Waals surface area contributed by atoms with E-state index in [4.69, 9.17) is 23.2 Å². The average Bonchev–Trinajstić information content (AvgIpc) is 1.97. The van der Waals surface area contributed by atoms with Gasteiger partial charge < -0.3 is 0 Å². The second-order valence-corrected chi connectivity index (χ2v) is 5.08. The monoisotopic (exact) mass is 244 g/mol. The van der Waals surface area contributed by atoms with Crippen LogP contribution in [0.4, 0.5) is 0 Å². The summed E-state index contributed by atoms with van der Waals surface area (Å²) in [6.45, 7) is 4.08. The summed E-state index contributed by atoms with van der Waals surface area (Å²) in [6.07, 6.45) is 3.58. The standard InChI is InChI=1S/C11H14Cl2N2/c1-6(2)8-9(12)14-11(15-10(8)13)7-4-3-5-7/h6-7H,3-5H2,1-2H3. The second-order valence-electron chi connectivity index (χ2n) is 4.36. The van der Waals surface area contributed by atoms with Crippen LogP contribution in [-0.2, 0) is 0 Å². The minimum absolute atomic E-state index is 0.264. The highest BCUT2D eigenvalue weighted by molar-refractivity contribution is 6.34. The molecule has 1 saturated carbocycles. The molecule has 0 saturated heterocycles. The molecule has 0 radical (unpaired) electrons. The molecule has 15 heavy (non-hydrogen) atoms. The molecule has 1 aliphatic carbocycles. The highest BCUT2D eigenvalue weighted by atomic mass is 35.5. The molecule has 0 spiro atoms. The molecule has 0 amide bonds. The molecule has 2 rings (SSSR count). The summed E-state index contributed by atoms with van der Waals surface area (Å²) in [4.78, 5) is 8.69. The largest absolute Gasteiger partial charge is 0.221 e. The Morgan fingerprint density at radius 1 is 1.13 bits per heavy atom. The highest BCUT2D eigenvalue weighted by Crippen LogP contribution is 2.37. The predicted molar refractivity (Wildman–Crippen MR) is 62.7 cm³/mol. The van der Waals surface area contributed by atoms with Gasteiger partial charge in [0.05, 0.1) is 0 Å². The molecule has 1 heterocycles. The van der Waals surface area contributed by atoms with Gasteiger partial charge in [-0.2, -0.15) is 0 Å². The molecule has 2 nitrogen and oxygen atoms in total. The van der Waals surface area contributed by atoms with Crippen molar-refractivity contribution in [3.8, 4) is 0 Å². The van der Waals surface area contributed by atoms with Gasteiger partial charge in [0.1, 0.15) is 16.1 Å². The Morgan fingerprint density at radius 2 is 1.67 bits per heavy atom. The van der Waals surface area contributed by atoms with Gasteiger partial charge in [0.2, 0.25) is 0 Å². The summed E-state index contributed by atoms with van der Waals surface area (Å²) in [6, 6.07) is 0. The second kappa shape index (κ2) is 4.26. The molecule has 1 aliphatic rings. The average molecular weight is 245 g/mol. The first kappa shape index (κ1) is 11.2. The van der Waals surface area contributed by atoms with E-state index >= 15 is 0 Å². The van der Waals surface area contributed by atoms with Crippen molar-refractivity contribution in [2.45, 2.75) is 44.9 Å². The van der Waals surface area contributed by atoms with Gasteiger partial charge in [-0.3, -0.25) is 0 Å². The fraction of sp³-hybridized carbons (Fsp3) is 0.636. The lowest BCUT2D eigenvalue weighted by Crippen LogP contribution is -2.14. The topological polar surface area (TPSA) is 25.8 Å². The van der Waals surface area contributed by atoms with Crippen molar-refractivity contribution >= 4 is 23.2 Å². The minimum Gasteiger partial charge on any atom is -0.221 e. The van der Waals surface area contributed by atoms with Gasteiger partial charge in [-0.1, -0.05) is 43.5 Å². The van der Waals surface area contributed by atoms with Gasteiger partial charge in [0, 0.05) is 11.5 Å². The summed E-state index contributed by atoms with van der Waals surface area (Å²) in [7, 11) is 0. The van der Waals surface area contributed by atoms with Gasteiger partial charge in [-0.05, 0) is 18.8 Å². The first-order chi connectivity index (χ1) is 7.09. The molecule has 0 unspecified atom stereocenters. The molecule has 0 aromatic carbocycles.